The lowest BCUT2D eigenvalue weighted by molar-refractivity contribution is -0.121. The van der Waals surface area contributed by atoms with Gasteiger partial charge in [0, 0.05) is 25.0 Å². The molecule has 140 valence electrons. The number of carbonyl (C=O) groups is 1. The molecule has 6 nitrogen and oxygen atoms in total. The Morgan fingerprint density at radius 2 is 2.07 bits per heavy atom. The van der Waals surface area contributed by atoms with Gasteiger partial charge in [-0.1, -0.05) is 12.1 Å². The first-order valence-corrected chi connectivity index (χ1v) is 9.00. The van der Waals surface area contributed by atoms with Gasteiger partial charge >= 0.3 is 0 Å². The fraction of sp³-hybridized carbons (Fsp3) is 0.381. The average Bonchev–Trinajstić information content (AvgIpc) is 3.01. The molecule has 27 heavy (non-hydrogen) atoms. The number of hydrogen-bond donors (Lipinski definition) is 1. The number of amides is 1. The number of aliphatic hydroxyl groups is 1. The predicted octanol–water partition coefficient (Wildman–Crippen LogP) is 2.48. The van der Waals surface area contributed by atoms with E-state index < -0.39 is 12.1 Å². The Morgan fingerprint density at radius 3 is 2.74 bits per heavy atom. The minimum absolute atomic E-state index is 0.213. The van der Waals surface area contributed by atoms with Crippen LogP contribution in [0.4, 0.5) is 11.5 Å². The number of pyridine rings is 1. The van der Waals surface area contributed by atoms with E-state index in [9.17, 15) is 15.2 Å². The number of nitriles is 1. The average molecular weight is 364 g/mol. The van der Waals surface area contributed by atoms with Crippen LogP contribution in [0, 0.1) is 32.1 Å². The van der Waals surface area contributed by atoms with Gasteiger partial charge in [0.2, 0.25) is 0 Å². The van der Waals surface area contributed by atoms with Crippen LogP contribution >= 0.6 is 0 Å². The van der Waals surface area contributed by atoms with Crippen LogP contribution in [0.5, 0.6) is 0 Å². The van der Waals surface area contributed by atoms with E-state index in [1.807, 2.05) is 51.1 Å². The van der Waals surface area contributed by atoms with Crippen molar-refractivity contribution in [2.24, 2.45) is 0 Å². The van der Waals surface area contributed by atoms with E-state index in [1.165, 1.54) is 0 Å². The maximum atomic E-state index is 13.2. The zero-order valence-corrected chi connectivity index (χ0v) is 16.1. The van der Waals surface area contributed by atoms with Crippen molar-refractivity contribution in [1.82, 2.24) is 4.98 Å². The number of carbonyl (C=O) groups excluding carboxylic acids is 1. The van der Waals surface area contributed by atoms with E-state index >= 15 is 0 Å². The van der Waals surface area contributed by atoms with Crippen molar-refractivity contribution < 1.29 is 9.90 Å². The molecule has 1 saturated heterocycles. The first-order chi connectivity index (χ1) is 12.8. The van der Waals surface area contributed by atoms with Crippen LogP contribution in [0.25, 0.3) is 0 Å². The van der Waals surface area contributed by atoms with Gasteiger partial charge in [0.15, 0.2) is 0 Å². The molecule has 3 rings (SSSR count). The largest absolute Gasteiger partial charge is 0.390 e. The number of aryl methyl sites for hydroxylation is 3. The molecule has 2 aromatic rings. The Balaban J connectivity index is 1.99. The molecule has 1 aromatic carbocycles. The number of nitrogens with zero attached hydrogens (tertiary/aromatic N) is 4. The zero-order chi connectivity index (χ0) is 19.7. The third-order valence-corrected chi connectivity index (χ3v) is 5.05. The van der Waals surface area contributed by atoms with Gasteiger partial charge in [-0.25, -0.2) is 4.98 Å². The molecule has 1 amide bonds. The SMILES string of the molecule is Cc1cccc(N(C)C(=O)[C@@H]2[C@H](O)CCN2c2nc(C)cc(C)c2C#N)c1. The summed E-state index contributed by atoms with van der Waals surface area (Å²) < 4.78 is 0. The fourth-order valence-corrected chi connectivity index (χ4v) is 3.64. The summed E-state index contributed by atoms with van der Waals surface area (Å²) in [5, 5.41) is 20.1. The van der Waals surface area contributed by atoms with E-state index in [1.54, 1.807) is 16.8 Å². The molecule has 0 aliphatic carbocycles. The Kier molecular flexibility index (Phi) is 5.15. The molecular formula is C21H24N4O2. The highest BCUT2D eigenvalue weighted by atomic mass is 16.3. The van der Waals surface area contributed by atoms with Crippen LogP contribution in [0.2, 0.25) is 0 Å². The molecule has 1 aliphatic heterocycles. The minimum Gasteiger partial charge on any atom is -0.390 e. The van der Waals surface area contributed by atoms with Gasteiger partial charge in [-0.05, 0) is 56.5 Å². The zero-order valence-electron chi connectivity index (χ0n) is 16.1. The highest BCUT2D eigenvalue weighted by molar-refractivity contribution is 5.99. The number of benzene rings is 1. The summed E-state index contributed by atoms with van der Waals surface area (Å²) in [6.07, 6.45) is -0.351. The second kappa shape index (κ2) is 7.37. The molecule has 0 radical (unpaired) electrons. The second-order valence-electron chi connectivity index (χ2n) is 7.12. The highest BCUT2D eigenvalue weighted by Gasteiger charge is 2.41. The van der Waals surface area contributed by atoms with Crippen molar-refractivity contribution >= 4 is 17.4 Å². The number of rotatable bonds is 3. The van der Waals surface area contributed by atoms with Crippen LogP contribution in [0.1, 0.15) is 28.8 Å². The molecule has 2 atom stereocenters. The highest BCUT2D eigenvalue weighted by Crippen LogP contribution is 2.31. The summed E-state index contributed by atoms with van der Waals surface area (Å²) in [4.78, 5) is 21.1. The molecule has 0 unspecified atom stereocenters. The van der Waals surface area contributed by atoms with E-state index in [4.69, 9.17) is 0 Å². The Hall–Kier alpha value is -2.91. The van der Waals surface area contributed by atoms with Gasteiger partial charge in [-0.2, -0.15) is 5.26 Å². The van der Waals surface area contributed by atoms with Crippen LogP contribution in [0.3, 0.4) is 0 Å². The summed E-state index contributed by atoms with van der Waals surface area (Å²) in [7, 11) is 1.71. The van der Waals surface area contributed by atoms with Gasteiger partial charge in [-0.3, -0.25) is 4.79 Å². The van der Waals surface area contributed by atoms with Crippen LogP contribution in [0.15, 0.2) is 30.3 Å². The maximum absolute atomic E-state index is 13.2. The minimum atomic E-state index is -0.807. The Morgan fingerprint density at radius 1 is 1.33 bits per heavy atom. The lowest BCUT2D eigenvalue weighted by Gasteiger charge is -2.31. The van der Waals surface area contributed by atoms with Gasteiger partial charge < -0.3 is 14.9 Å². The summed E-state index contributed by atoms with van der Waals surface area (Å²) in [6.45, 7) is 6.17. The van der Waals surface area contributed by atoms with Crippen LogP contribution in [-0.4, -0.2) is 41.7 Å². The molecule has 6 heteroatoms. The number of likely N-dealkylation sites (N-methyl/N-ethyl adjacent to an activating group) is 1. The van der Waals surface area contributed by atoms with Crippen molar-refractivity contribution in [2.75, 3.05) is 23.4 Å². The number of hydrogen-bond acceptors (Lipinski definition) is 5. The quantitative estimate of drug-likeness (QED) is 0.905. The lowest BCUT2D eigenvalue weighted by atomic mass is 10.1. The van der Waals surface area contributed by atoms with Crippen molar-refractivity contribution in [1.29, 1.82) is 5.26 Å². The molecule has 0 saturated carbocycles. The predicted molar refractivity (Wildman–Crippen MR) is 105 cm³/mol. The van der Waals surface area contributed by atoms with E-state index in [2.05, 4.69) is 11.1 Å². The Bertz CT molecular complexity index is 919. The summed E-state index contributed by atoms with van der Waals surface area (Å²) >= 11 is 0. The molecule has 1 fully saturated rings. The number of anilines is 2. The fourth-order valence-electron chi connectivity index (χ4n) is 3.64. The van der Waals surface area contributed by atoms with Gasteiger partial charge in [0.25, 0.3) is 5.91 Å². The van der Waals surface area contributed by atoms with Gasteiger partial charge in [0.05, 0.1) is 11.7 Å². The summed E-state index contributed by atoms with van der Waals surface area (Å²) in [5.74, 6) is 0.262. The monoisotopic (exact) mass is 364 g/mol. The molecule has 1 aromatic heterocycles. The van der Waals surface area contributed by atoms with Crippen molar-refractivity contribution in [3.05, 3.63) is 52.7 Å². The molecule has 1 N–H and O–H groups in total. The van der Waals surface area contributed by atoms with E-state index in [0.29, 0.717) is 24.3 Å². The van der Waals surface area contributed by atoms with E-state index in [-0.39, 0.29) is 5.91 Å². The van der Waals surface area contributed by atoms with Gasteiger partial charge in [-0.15, -0.1) is 0 Å². The van der Waals surface area contributed by atoms with E-state index in [0.717, 1.165) is 22.5 Å². The molecule has 1 aliphatic rings. The standard InChI is InChI=1S/C21H24N4O2/c1-13-6-5-7-16(10-13)24(4)21(27)19-18(26)8-9-25(19)20-17(12-22)14(2)11-15(3)23-20/h5-7,10-11,18-19,26H,8-9H2,1-4H3/t18-,19+/m1/s1. The maximum Gasteiger partial charge on any atom is 0.252 e. The lowest BCUT2D eigenvalue weighted by Crippen LogP contribution is -2.49. The summed E-state index contributed by atoms with van der Waals surface area (Å²) in [6, 6.07) is 11.0. The number of aromatic nitrogens is 1. The van der Waals surface area contributed by atoms with Crippen molar-refractivity contribution in [3.8, 4) is 6.07 Å². The van der Waals surface area contributed by atoms with Crippen molar-refractivity contribution in [2.45, 2.75) is 39.3 Å². The van der Waals surface area contributed by atoms with Crippen LogP contribution < -0.4 is 9.80 Å². The first kappa shape index (κ1) is 18.9. The van der Waals surface area contributed by atoms with Crippen molar-refractivity contribution in [3.63, 3.8) is 0 Å². The topological polar surface area (TPSA) is 80.5 Å². The first-order valence-electron chi connectivity index (χ1n) is 9.00. The summed E-state index contributed by atoms with van der Waals surface area (Å²) in [5.41, 5.74) is 3.87. The number of aliphatic hydroxyl groups excluding tert-OH is 1. The molecule has 0 bridgehead atoms. The third-order valence-electron chi connectivity index (χ3n) is 5.05. The molecule has 2 heterocycles. The Labute approximate surface area is 159 Å². The second-order valence-corrected chi connectivity index (χ2v) is 7.12. The van der Waals surface area contributed by atoms with Gasteiger partial charge in [0.1, 0.15) is 17.9 Å². The third kappa shape index (κ3) is 3.51. The normalized spacial score (nSPS) is 19.0. The molecule has 0 spiro atoms. The smallest absolute Gasteiger partial charge is 0.252 e. The van der Waals surface area contributed by atoms with Crippen LogP contribution in [-0.2, 0) is 4.79 Å². The molecular weight excluding hydrogens is 340 g/mol.